The van der Waals surface area contributed by atoms with Gasteiger partial charge in [-0.15, -0.1) is 5.54 Å². The van der Waals surface area contributed by atoms with Gasteiger partial charge in [-0.2, -0.15) is 5.10 Å². The zero-order chi connectivity index (χ0) is 20.7. The van der Waals surface area contributed by atoms with Crippen LogP contribution in [0.5, 0.6) is 0 Å². The van der Waals surface area contributed by atoms with Gasteiger partial charge in [0.25, 0.3) is 5.56 Å². The number of nitrogens with zero attached hydrogens (tertiary/aromatic N) is 5. The van der Waals surface area contributed by atoms with E-state index in [0.29, 0.717) is 11.2 Å². The summed E-state index contributed by atoms with van der Waals surface area (Å²) in [5, 5.41) is 24.1. The Hall–Kier alpha value is -2.64. The predicted octanol–water partition coefficient (Wildman–Crippen LogP) is 0.864. The molecule has 1 fully saturated rings. The van der Waals surface area contributed by atoms with Gasteiger partial charge in [-0.3, -0.25) is 14.0 Å². The summed E-state index contributed by atoms with van der Waals surface area (Å²) >= 11 is 0. The monoisotopic (exact) mass is 403 g/mol. The Morgan fingerprint density at radius 2 is 1.93 bits per heavy atom. The van der Waals surface area contributed by atoms with Gasteiger partial charge in [-0.1, -0.05) is 25.6 Å². The third kappa shape index (κ3) is 4.10. The first-order valence-corrected chi connectivity index (χ1v) is 12.6. The van der Waals surface area contributed by atoms with E-state index >= 15 is 0 Å². The molecule has 0 bridgehead atoms. The molecule has 3 rings (SSSR count). The van der Waals surface area contributed by atoms with Crippen LogP contribution in [0.15, 0.2) is 11.1 Å². The van der Waals surface area contributed by atoms with Crippen LogP contribution in [0.3, 0.4) is 0 Å². The maximum absolute atomic E-state index is 12.9. The Bertz CT molecular complexity index is 1030. The van der Waals surface area contributed by atoms with Crippen molar-refractivity contribution in [3.63, 3.8) is 0 Å². The summed E-state index contributed by atoms with van der Waals surface area (Å²) in [4.78, 5) is 29.6. The van der Waals surface area contributed by atoms with E-state index in [9.17, 15) is 14.7 Å². The number of aliphatic hydroxyl groups is 1. The fourth-order valence-electron chi connectivity index (χ4n) is 3.18. The number of carboxylic acid groups (broad SMARTS) is 1. The van der Waals surface area contributed by atoms with Gasteiger partial charge in [0.15, 0.2) is 5.52 Å². The number of piperidine rings is 1. The van der Waals surface area contributed by atoms with Gasteiger partial charge in [0.1, 0.15) is 19.3 Å². The second-order valence-corrected chi connectivity index (χ2v) is 13.1. The van der Waals surface area contributed by atoms with E-state index in [1.54, 1.807) is 11.7 Å². The van der Waals surface area contributed by atoms with Crippen LogP contribution in [0.1, 0.15) is 18.5 Å². The maximum Gasteiger partial charge on any atom is 0.407 e. The van der Waals surface area contributed by atoms with Crippen LogP contribution < -0.4 is 5.56 Å². The number of likely N-dealkylation sites (tertiary alicyclic amines) is 1. The second-order valence-electron chi connectivity index (χ2n) is 8.34. The summed E-state index contributed by atoms with van der Waals surface area (Å²) in [6.07, 6.45) is 0.939. The lowest BCUT2D eigenvalue weighted by atomic mass is 9.91. The van der Waals surface area contributed by atoms with Crippen molar-refractivity contribution in [3.05, 3.63) is 22.4 Å². The third-order valence-corrected chi connectivity index (χ3v) is 5.67. The van der Waals surface area contributed by atoms with Crippen LogP contribution in [0, 0.1) is 11.5 Å². The standard InChI is InChI=1S/C18H25N5O4Si/c1-21-13(5-10-28(2,3)4)14-15(20-21)16(24)23(12-19-14)11-18(27)6-8-22(9-7-18)17(25)26/h12,27H,6-9,11H2,1-4H3,(H,25,26). The highest BCUT2D eigenvalue weighted by Crippen LogP contribution is 2.24. The van der Waals surface area contributed by atoms with Crippen LogP contribution in [-0.4, -0.2) is 67.3 Å². The number of rotatable bonds is 2. The Morgan fingerprint density at radius 3 is 2.50 bits per heavy atom. The van der Waals surface area contributed by atoms with E-state index in [4.69, 9.17) is 5.11 Å². The van der Waals surface area contributed by atoms with E-state index in [2.05, 4.69) is 41.2 Å². The summed E-state index contributed by atoms with van der Waals surface area (Å²) in [5.41, 5.74) is 3.06. The van der Waals surface area contributed by atoms with Crippen LogP contribution in [-0.2, 0) is 13.6 Å². The molecule has 0 aromatic carbocycles. The minimum Gasteiger partial charge on any atom is -0.465 e. The maximum atomic E-state index is 12.9. The summed E-state index contributed by atoms with van der Waals surface area (Å²) in [5.74, 6) is 3.12. The van der Waals surface area contributed by atoms with Gasteiger partial charge >= 0.3 is 6.09 Å². The van der Waals surface area contributed by atoms with Gasteiger partial charge in [0.2, 0.25) is 0 Å². The highest BCUT2D eigenvalue weighted by molar-refractivity contribution is 6.83. The molecule has 150 valence electrons. The Kier molecular flexibility index (Phi) is 5.07. The van der Waals surface area contributed by atoms with Crippen molar-refractivity contribution in [1.82, 2.24) is 24.2 Å². The van der Waals surface area contributed by atoms with Crippen LogP contribution in [0.2, 0.25) is 19.6 Å². The van der Waals surface area contributed by atoms with Gasteiger partial charge in [-0.05, 0) is 12.8 Å². The van der Waals surface area contributed by atoms with Crippen molar-refractivity contribution in [2.45, 2.75) is 44.6 Å². The molecule has 1 aliphatic heterocycles. The fourth-order valence-corrected chi connectivity index (χ4v) is 3.68. The summed E-state index contributed by atoms with van der Waals surface area (Å²) < 4.78 is 2.91. The molecule has 3 heterocycles. The van der Waals surface area contributed by atoms with Crippen molar-refractivity contribution < 1.29 is 15.0 Å². The van der Waals surface area contributed by atoms with Crippen LogP contribution in [0.4, 0.5) is 4.79 Å². The van der Waals surface area contributed by atoms with E-state index in [0.717, 1.165) is 0 Å². The first kappa shape index (κ1) is 20.1. The SMILES string of the molecule is Cn1nc2c(=O)n(CC3(O)CCN(C(=O)O)CC3)cnc2c1C#C[Si](C)(C)C. The van der Waals surface area contributed by atoms with Crippen molar-refractivity contribution in [2.24, 2.45) is 7.05 Å². The molecule has 2 aromatic rings. The molecule has 1 aliphatic rings. The summed E-state index contributed by atoms with van der Waals surface area (Å²) in [6, 6.07) is 0. The Labute approximate surface area is 163 Å². The minimum atomic E-state index is -1.59. The van der Waals surface area contributed by atoms with Gasteiger partial charge < -0.3 is 15.1 Å². The number of aromatic nitrogens is 4. The number of amides is 1. The first-order chi connectivity index (χ1) is 13.0. The lowest BCUT2D eigenvalue weighted by molar-refractivity contribution is -0.0304. The molecule has 0 saturated carbocycles. The normalized spacial score (nSPS) is 16.7. The van der Waals surface area contributed by atoms with Crippen molar-refractivity contribution in [1.29, 1.82) is 0 Å². The van der Waals surface area contributed by atoms with E-state index in [1.807, 2.05) is 0 Å². The Morgan fingerprint density at radius 1 is 1.29 bits per heavy atom. The number of carbonyl (C=O) groups is 1. The van der Waals surface area contributed by atoms with Crippen molar-refractivity contribution in [3.8, 4) is 11.5 Å². The molecular weight excluding hydrogens is 378 g/mol. The van der Waals surface area contributed by atoms with E-state index in [1.165, 1.54) is 15.8 Å². The van der Waals surface area contributed by atoms with Crippen molar-refractivity contribution >= 4 is 25.2 Å². The molecule has 1 amide bonds. The molecule has 0 unspecified atom stereocenters. The largest absolute Gasteiger partial charge is 0.465 e. The van der Waals surface area contributed by atoms with E-state index < -0.39 is 19.8 Å². The molecular formula is C18H25N5O4Si. The van der Waals surface area contributed by atoms with Gasteiger partial charge in [0, 0.05) is 20.1 Å². The van der Waals surface area contributed by atoms with Gasteiger partial charge in [-0.25, -0.2) is 9.78 Å². The third-order valence-electron chi connectivity index (χ3n) is 4.80. The highest BCUT2D eigenvalue weighted by Gasteiger charge is 2.34. The number of hydrogen-bond acceptors (Lipinski definition) is 5. The molecule has 9 nitrogen and oxygen atoms in total. The van der Waals surface area contributed by atoms with Crippen LogP contribution in [0.25, 0.3) is 11.0 Å². The highest BCUT2D eigenvalue weighted by atomic mass is 28.3. The quantitative estimate of drug-likeness (QED) is 0.568. The molecule has 1 saturated heterocycles. The van der Waals surface area contributed by atoms with Crippen LogP contribution >= 0.6 is 0 Å². The van der Waals surface area contributed by atoms with E-state index in [-0.39, 0.29) is 43.6 Å². The molecule has 0 aliphatic carbocycles. The minimum absolute atomic E-state index is 0.0503. The lowest BCUT2D eigenvalue weighted by Crippen LogP contribution is -2.49. The topological polar surface area (TPSA) is 113 Å². The molecule has 0 spiro atoms. The average molecular weight is 404 g/mol. The summed E-state index contributed by atoms with van der Waals surface area (Å²) in [7, 11) is 0.137. The Balaban J connectivity index is 1.90. The number of aryl methyl sites for hydroxylation is 1. The predicted molar refractivity (Wildman–Crippen MR) is 107 cm³/mol. The number of hydrogen-bond donors (Lipinski definition) is 2. The molecule has 10 heteroatoms. The average Bonchev–Trinajstić information content (AvgIpc) is 2.91. The molecule has 2 N–H and O–H groups in total. The molecule has 28 heavy (non-hydrogen) atoms. The molecule has 2 aromatic heterocycles. The van der Waals surface area contributed by atoms with Crippen molar-refractivity contribution in [2.75, 3.05) is 13.1 Å². The van der Waals surface area contributed by atoms with Gasteiger partial charge in [0.05, 0.1) is 18.5 Å². The molecule has 0 atom stereocenters. The second kappa shape index (κ2) is 7.07. The number of fused-ring (bicyclic) bond motifs is 1. The summed E-state index contributed by atoms with van der Waals surface area (Å²) in [6.45, 7) is 6.92. The molecule has 0 radical (unpaired) electrons. The fraction of sp³-hybridized carbons (Fsp3) is 0.556. The lowest BCUT2D eigenvalue weighted by Gasteiger charge is -2.37. The zero-order valence-corrected chi connectivity index (χ0v) is 17.6. The smallest absolute Gasteiger partial charge is 0.407 e. The zero-order valence-electron chi connectivity index (χ0n) is 16.6. The first-order valence-electron chi connectivity index (χ1n) is 9.15.